The second-order valence-electron chi connectivity index (χ2n) is 5.78. The largest absolute Gasteiger partial charge is 0.473 e. The van der Waals surface area contributed by atoms with Crippen molar-refractivity contribution in [1.29, 1.82) is 0 Å². The Bertz CT molecular complexity index is 618. The Labute approximate surface area is 141 Å². The normalized spacial score (nSPS) is 18.6. The molecule has 2 aliphatic rings. The Kier molecular flexibility index (Phi) is 6.17. The molecule has 0 spiro atoms. The zero-order chi connectivity index (χ0) is 17.5. The molecule has 0 saturated heterocycles. The molecule has 2 heterocycles. The van der Waals surface area contributed by atoms with E-state index in [-0.39, 0.29) is 0 Å². The Morgan fingerprint density at radius 1 is 1.29 bits per heavy atom. The Morgan fingerprint density at radius 2 is 2.00 bits per heavy atom. The van der Waals surface area contributed by atoms with Gasteiger partial charge in [0.1, 0.15) is 5.84 Å². The molecule has 130 valence electrons. The second-order valence-corrected chi connectivity index (χ2v) is 5.78. The number of benzene rings is 1. The molecule has 0 aromatic heterocycles. The molecule has 0 bridgehead atoms. The molecule has 1 aromatic rings. The summed E-state index contributed by atoms with van der Waals surface area (Å²) in [7, 11) is 0. The number of aliphatic carboxylic acids is 2. The molecule has 0 radical (unpaired) electrons. The third-order valence-corrected chi connectivity index (χ3v) is 4.00. The molecule has 3 N–H and O–H groups in total. The summed E-state index contributed by atoms with van der Waals surface area (Å²) in [6.07, 6.45) is 2.32. The molecule has 0 fully saturated rings. The fraction of sp³-hybridized carbons (Fsp3) is 0.471. The van der Waals surface area contributed by atoms with E-state index in [4.69, 9.17) is 19.8 Å². The number of para-hydroxylation sites is 1. The van der Waals surface area contributed by atoms with Crippen LogP contribution in [0.25, 0.3) is 0 Å². The quantitative estimate of drug-likeness (QED) is 0.719. The number of rotatable bonds is 3. The van der Waals surface area contributed by atoms with Crippen molar-refractivity contribution in [3.8, 4) is 0 Å². The van der Waals surface area contributed by atoms with E-state index in [1.54, 1.807) is 0 Å². The highest BCUT2D eigenvalue weighted by Gasteiger charge is 2.28. The topological polar surface area (TPSA) is 102 Å². The standard InChI is InChI=1S/C15H21N3.C2H2O4/c1-2-9-18-11-13(15-16-7-8-17-15)10-12-5-3-4-6-14(12)18;3-1(4)2(5)6/h3-6,13H,2,7-11H2,1H3,(H,16,17);(H,3,4)(H,5,6). The molecular weight excluding hydrogens is 310 g/mol. The molecule has 7 nitrogen and oxygen atoms in total. The van der Waals surface area contributed by atoms with Crippen molar-refractivity contribution in [1.82, 2.24) is 5.32 Å². The van der Waals surface area contributed by atoms with Gasteiger partial charge in [0.15, 0.2) is 0 Å². The number of carboxylic acid groups (broad SMARTS) is 2. The zero-order valence-corrected chi connectivity index (χ0v) is 13.7. The third kappa shape index (κ3) is 4.47. The van der Waals surface area contributed by atoms with Gasteiger partial charge in [-0.25, -0.2) is 9.59 Å². The van der Waals surface area contributed by atoms with Crippen LogP contribution in [0.1, 0.15) is 18.9 Å². The second kappa shape index (κ2) is 8.33. The predicted octanol–water partition coefficient (Wildman–Crippen LogP) is 1.23. The van der Waals surface area contributed by atoms with Crippen molar-refractivity contribution in [2.45, 2.75) is 19.8 Å². The SMILES string of the molecule is CCCN1CC(C2=NCCN2)Cc2ccccc21.O=C(O)C(=O)O. The summed E-state index contributed by atoms with van der Waals surface area (Å²) in [5, 5.41) is 18.2. The smallest absolute Gasteiger partial charge is 0.414 e. The van der Waals surface area contributed by atoms with E-state index in [2.05, 4.69) is 46.4 Å². The number of hydrogen-bond donors (Lipinski definition) is 3. The summed E-state index contributed by atoms with van der Waals surface area (Å²) in [5.41, 5.74) is 2.90. The maximum atomic E-state index is 9.10. The first-order chi connectivity index (χ1) is 11.5. The number of hydrogen-bond acceptors (Lipinski definition) is 5. The van der Waals surface area contributed by atoms with Gasteiger partial charge in [-0.2, -0.15) is 0 Å². The molecular formula is C17H23N3O4. The molecule has 1 atom stereocenters. The van der Waals surface area contributed by atoms with Crippen molar-refractivity contribution < 1.29 is 19.8 Å². The number of nitrogens with zero attached hydrogens (tertiary/aromatic N) is 2. The van der Waals surface area contributed by atoms with Crippen LogP contribution in [0.2, 0.25) is 0 Å². The summed E-state index contributed by atoms with van der Waals surface area (Å²) >= 11 is 0. The van der Waals surface area contributed by atoms with Crippen molar-refractivity contribution in [3.05, 3.63) is 29.8 Å². The van der Waals surface area contributed by atoms with Crippen LogP contribution < -0.4 is 10.2 Å². The Hall–Kier alpha value is -2.57. The highest BCUT2D eigenvalue weighted by molar-refractivity contribution is 6.27. The first-order valence-electron chi connectivity index (χ1n) is 8.10. The van der Waals surface area contributed by atoms with Crippen LogP contribution in [0, 0.1) is 5.92 Å². The van der Waals surface area contributed by atoms with Crippen molar-refractivity contribution in [2.75, 3.05) is 31.1 Å². The predicted molar refractivity (Wildman–Crippen MR) is 91.7 cm³/mol. The zero-order valence-electron chi connectivity index (χ0n) is 13.7. The van der Waals surface area contributed by atoms with Crippen LogP contribution in [-0.2, 0) is 16.0 Å². The minimum atomic E-state index is -1.82. The lowest BCUT2D eigenvalue weighted by molar-refractivity contribution is -0.159. The van der Waals surface area contributed by atoms with Gasteiger partial charge in [0.2, 0.25) is 0 Å². The van der Waals surface area contributed by atoms with Gasteiger partial charge >= 0.3 is 11.9 Å². The number of amidine groups is 1. The van der Waals surface area contributed by atoms with Gasteiger partial charge in [0.25, 0.3) is 0 Å². The summed E-state index contributed by atoms with van der Waals surface area (Å²) in [6, 6.07) is 8.81. The lowest BCUT2D eigenvalue weighted by atomic mass is 9.91. The third-order valence-electron chi connectivity index (χ3n) is 4.00. The average Bonchev–Trinajstić information content (AvgIpc) is 3.10. The van der Waals surface area contributed by atoms with Crippen LogP contribution in [0.4, 0.5) is 5.69 Å². The van der Waals surface area contributed by atoms with Gasteiger partial charge in [0, 0.05) is 31.2 Å². The summed E-state index contributed by atoms with van der Waals surface area (Å²) in [5.74, 6) is -1.87. The van der Waals surface area contributed by atoms with Gasteiger partial charge in [-0.3, -0.25) is 4.99 Å². The van der Waals surface area contributed by atoms with E-state index in [1.165, 1.54) is 23.5 Å². The molecule has 0 saturated carbocycles. The molecule has 1 unspecified atom stereocenters. The number of carboxylic acids is 2. The first kappa shape index (κ1) is 17.8. The molecule has 0 amide bonds. The van der Waals surface area contributed by atoms with Gasteiger partial charge in [0.05, 0.1) is 6.54 Å². The highest BCUT2D eigenvalue weighted by atomic mass is 16.4. The first-order valence-corrected chi connectivity index (χ1v) is 8.10. The van der Waals surface area contributed by atoms with Crippen LogP contribution in [-0.4, -0.2) is 54.2 Å². The maximum Gasteiger partial charge on any atom is 0.414 e. The molecule has 2 aliphatic heterocycles. The average molecular weight is 333 g/mol. The molecule has 0 aliphatic carbocycles. The van der Waals surface area contributed by atoms with Crippen LogP contribution >= 0.6 is 0 Å². The summed E-state index contributed by atoms with van der Waals surface area (Å²) in [6.45, 7) is 6.46. The Morgan fingerprint density at radius 3 is 2.58 bits per heavy atom. The van der Waals surface area contributed by atoms with Crippen LogP contribution in [0.15, 0.2) is 29.3 Å². The molecule has 24 heavy (non-hydrogen) atoms. The van der Waals surface area contributed by atoms with E-state index in [9.17, 15) is 0 Å². The monoisotopic (exact) mass is 333 g/mol. The van der Waals surface area contributed by atoms with Gasteiger partial charge in [-0.05, 0) is 24.5 Å². The van der Waals surface area contributed by atoms with E-state index < -0.39 is 11.9 Å². The number of fused-ring (bicyclic) bond motifs is 1. The lowest BCUT2D eigenvalue weighted by Crippen LogP contribution is -2.42. The summed E-state index contributed by atoms with van der Waals surface area (Å²) in [4.78, 5) is 25.3. The molecule has 1 aromatic carbocycles. The maximum absolute atomic E-state index is 9.10. The number of aliphatic imine (C=N–C) groups is 1. The lowest BCUT2D eigenvalue weighted by Gasteiger charge is -2.36. The van der Waals surface area contributed by atoms with Crippen molar-refractivity contribution >= 4 is 23.5 Å². The highest BCUT2D eigenvalue weighted by Crippen LogP contribution is 2.30. The molecule has 7 heteroatoms. The van der Waals surface area contributed by atoms with E-state index in [0.717, 1.165) is 32.6 Å². The van der Waals surface area contributed by atoms with E-state index >= 15 is 0 Å². The van der Waals surface area contributed by atoms with E-state index in [1.807, 2.05) is 0 Å². The van der Waals surface area contributed by atoms with Gasteiger partial charge in [-0.1, -0.05) is 25.1 Å². The number of nitrogens with one attached hydrogen (secondary N) is 1. The van der Waals surface area contributed by atoms with Crippen LogP contribution in [0.5, 0.6) is 0 Å². The fourth-order valence-corrected chi connectivity index (χ4v) is 3.04. The minimum absolute atomic E-state index is 0.550. The van der Waals surface area contributed by atoms with E-state index in [0.29, 0.717) is 5.92 Å². The van der Waals surface area contributed by atoms with Crippen molar-refractivity contribution in [3.63, 3.8) is 0 Å². The minimum Gasteiger partial charge on any atom is -0.473 e. The fourth-order valence-electron chi connectivity index (χ4n) is 3.04. The van der Waals surface area contributed by atoms with Crippen molar-refractivity contribution in [2.24, 2.45) is 10.9 Å². The van der Waals surface area contributed by atoms with Gasteiger partial charge in [-0.15, -0.1) is 0 Å². The Balaban J connectivity index is 0.000000301. The van der Waals surface area contributed by atoms with Crippen LogP contribution in [0.3, 0.4) is 0 Å². The number of anilines is 1. The summed E-state index contributed by atoms with van der Waals surface area (Å²) < 4.78 is 0. The van der Waals surface area contributed by atoms with Gasteiger partial charge < -0.3 is 20.4 Å². The number of carbonyl (C=O) groups is 2. The molecule has 3 rings (SSSR count).